The minimum atomic E-state index is -0.930. The Labute approximate surface area is 427 Å². The maximum Gasteiger partial charge on any atom is 0.108 e. The molecule has 8 aromatic carbocycles. The molecule has 0 amide bonds. The van der Waals surface area contributed by atoms with E-state index in [9.17, 15) is 0 Å². The van der Waals surface area contributed by atoms with Crippen molar-refractivity contribution in [2.75, 3.05) is 0 Å². The molecule has 0 N–H and O–H groups in total. The summed E-state index contributed by atoms with van der Waals surface area (Å²) in [5, 5.41) is 1.42. The van der Waals surface area contributed by atoms with Crippen LogP contribution in [0.25, 0.3) is 55.9 Å². The normalized spacial score (nSPS) is 12.2. The molecule has 2 heterocycles. The summed E-state index contributed by atoms with van der Waals surface area (Å²) < 4.78 is 7.42. The van der Waals surface area contributed by atoms with Gasteiger partial charge in [-0.25, -0.2) is 0 Å². The lowest BCUT2D eigenvalue weighted by molar-refractivity contribution is 0.983. The van der Waals surface area contributed by atoms with Crippen LogP contribution in [0.5, 0.6) is 0 Å². The first-order valence-electron chi connectivity index (χ1n) is 24.6. The largest absolute Gasteiger partial charge is 0.271 e. The first kappa shape index (κ1) is 48.0. The summed E-state index contributed by atoms with van der Waals surface area (Å²) in [6, 6.07) is 55.7. The van der Waals surface area contributed by atoms with Gasteiger partial charge < -0.3 is 0 Å². The zero-order chi connectivity index (χ0) is 49.1. The van der Waals surface area contributed by atoms with E-state index in [1.54, 1.807) is 0 Å². The summed E-state index contributed by atoms with van der Waals surface area (Å²) in [5.41, 5.74) is 31.9. The predicted molar refractivity (Wildman–Crippen MR) is 310 cm³/mol. The van der Waals surface area contributed by atoms with E-state index in [1.807, 2.05) is 11.8 Å². The molecule has 2 aromatic heterocycles. The van der Waals surface area contributed by atoms with Gasteiger partial charge in [0.05, 0.1) is 23.2 Å². The molecule has 0 aliphatic rings. The van der Waals surface area contributed by atoms with Gasteiger partial charge in [0, 0.05) is 33.8 Å². The van der Waals surface area contributed by atoms with E-state index >= 15 is 0 Å². The van der Waals surface area contributed by atoms with Gasteiger partial charge in [-0.15, -0.1) is 23.5 Å². The van der Waals surface area contributed by atoms with E-state index in [4.69, 9.17) is 0 Å². The van der Waals surface area contributed by atoms with Crippen LogP contribution < -0.4 is 0 Å². The maximum absolute atomic E-state index is 2.96. The van der Waals surface area contributed by atoms with Crippen molar-refractivity contribution < 1.29 is 0 Å². The van der Waals surface area contributed by atoms with Crippen molar-refractivity contribution in [2.24, 2.45) is 0 Å². The van der Waals surface area contributed by atoms with E-state index in [-0.39, 0.29) is 0 Å². The molecule has 0 saturated carbocycles. The third kappa shape index (κ3) is 8.92. The molecule has 0 bridgehead atoms. The smallest absolute Gasteiger partial charge is 0.108 e. The zero-order valence-corrected chi connectivity index (χ0v) is 46.3. The number of hydrogen-bond donors (Lipinski definition) is 0. The van der Waals surface area contributed by atoms with E-state index in [1.165, 1.54) is 143 Å². The third-order valence-electron chi connectivity index (χ3n) is 13.9. The van der Waals surface area contributed by atoms with Crippen LogP contribution in [-0.2, 0) is 11.5 Å². The molecule has 0 radical (unpaired) electrons. The topological polar surface area (TPSA) is 9.86 Å². The fraction of sp³-hybridized carbons (Fsp3) is 0.219. The molecule has 0 aliphatic carbocycles. The maximum atomic E-state index is 2.96. The Hall–Kier alpha value is -5.60. The number of hydrogen-bond acceptors (Lipinski definition) is 2. The lowest BCUT2D eigenvalue weighted by Gasteiger charge is -2.24. The Morgan fingerprint density at radius 3 is 1.01 bits per heavy atom. The second-order valence-corrected chi connectivity index (χ2v) is 27.4. The number of aromatic nitrogens is 2. The molecule has 2 unspecified atom stereocenters. The molecule has 0 spiro atoms. The molecule has 10 aromatic rings. The lowest BCUT2D eigenvalue weighted by atomic mass is 9.87. The molecule has 0 aliphatic heterocycles. The summed E-state index contributed by atoms with van der Waals surface area (Å²) in [6.07, 6.45) is 0. The second kappa shape index (κ2) is 19.5. The Balaban J connectivity index is 1.39. The van der Waals surface area contributed by atoms with Crippen molar-refractivity contribution in [1.29, 1.82) is 0 Å². The molecule has 10 rings (SSSR count). The number of nitrogens with zero attached hydrogens (tertiary/aromatic N) is 2. The number of benzene rings is 8. The first-order chi connectivity index (χ1) is 33.7. The van der Waals surface area contributed by atoms with Crippen LogP contribution >= 0.6 is 38.0 Å². The quantitative estimate of drug-likeness (QED) is 0.113. The van der Waals surface area contributed by atoms with Gasteiger partial charge in [0.1, 0.15) is 12.4 Å². The molecule has 2 nitrogen and oxygen atoms in total. The van der Waals surface area contributed by atoms with E-state index in [0.29, 0.717) is 0 Å². The number of aryl methyl sites for hydroxylation is 12. The summed E-state index contributed by atoms with van der Waals surface area (Å²) in [6.45, 7) is 27.5. The van der Waals surface area contributed by atoms with Gasteiger partial charge in [-0.1, -0.05) is 168 Å². The highest BCUT2D eigenvalue weighted by Crippen LogP contribution is 2.72. The van der Waals surface area contributed by atoms with Crippen LogP contribution in [0.4, 0.5) is 0 Å². The highest BCUT2D eigenvalue weighted by Gasteiger charge is 2.36. The van der Waals surface area contributed by atoms with Crippen molar-refractivity contribution in [2.45, 2.75) is 104 Å². The monoisotopic (exact) mass is 986 g/mol. The van der Waals surface area contributed by atoms with Gasteiger partial charge in [-0.05, 0) is 161 Å². The number of para-hydroxylation sites is 2. The molecule has 0 fully saturated rings. The fourth-order valence-corrected chi connectivity index (χ4v) is 24.0. The average Bonchev–Trinajstić information content (AvgIpc) is 3.92. The predicted octanol–water partition coefficient (Wildman–Crippen LogP) is 19.9. The van der Waals surface area contributed by atoms with E-state index in [2.05, 4.69) is 249 Å². The third-order valence-corrected chi connectivity index (χ3v) is 23.9. The van der Waals surface area contributed by atoms with Gasteiger partial charge >= 0.3 is 0 Å². The standard InChI is InChI=1S/C64H64N2P2S2/c1-39-29-43(5)57(44(6)30-39)53-25-19-26-54(58-45(7)31-40(2)32-46(58)8)61(53)65-63(69-37-51-21-15-13-16-22-51)64(70-38-52-23-17-14-18-24-52)67-66(68(65)67)62-55(59-47(9)33-41(3)34-48(59)10)27-20-28-56(62)60-49(11)35-42(4)36-50(60)12/h13-36H,37-38H2,1-12H3. The Bertz CT molecular complexity index is 3370. The van der Waals surface area contributed by atoms with Crippen molar-refractivity contribution in [3.63, 3.8) is 0 Å². The molecule has 6 heteroatoms. The summed E-state index contributed by atoms with van der Waals surface area (Å²) >= 11 is 4.14. The minimum Gasteiger partial charge on any atom is -0.271 e. The highest BCUT2D eigenvalue weighted by molar-refractivity contribution is 8.17. The van der Waals surface area contributed by atoms with E-state index < -0.39 is 14.5 Å². The first-order valence-corrected chi connectivity index (χ1v) is 29.8. The van der Waals surface area contributed by atoms with Crippen LogP contribution in [-0.4, -0.2) is 8.42 Å². The van der Waals surface area contributed by atoms with Gasteiger partial charge in [0.2, 0.25) is 0 Å². The highest BCUT2D eigenvalue weighted by atomic mass is 32.2. The van der Waals surface area contributed by atoms with Crippen LogP contribution in [0.15, 0.2) is 155 Å². The van der Waals surface area contributed by atoms with Gasteiger partial charge in [0.25, 0.3) is 0 Å². The van der Waals surface area contributed by atoms with Crippen LogP contribution in [0, 0.1) is 83.1 Å². The van der Waals surface area contributed by atoms with Crippen LogP contribution in [0.3, 0.4) is 0 Å². The summed E-state index contributed by atoms with van der Waals surface area (Å²) in [5.74, 6) is 1.80. The van der Waals surface area contributed by atoms with E-state index in [0.717, 1.165) is 11.5 Å². The summed E-state index contributed by atoms with van der Waals surface area (Å²) in [7, 11) is -1.73. The van der Waals surface area contributed by atoms with Crippen LogP contribution in [0.2, 0.25) is 0 Å². The van der Waals surface area contributed by atoms with Crippen molar-refractivity contribution in [3.8, 4) is 55.9 Å². The van der Waals surface area contributed by atoms with Crippen molar-refractivity contribution in [1.82, 2.24) is 8.42 Å². The Morgan fingerprint density at radius 2 is 0.671 bits per heavy atom. The molecular formula is C64H64N2P2S2. The number of fused-ring (bicyclic) bond motifs is 1. The van der Waals surface area contributed by atoms with Gasteiger partial charge in [0.15, 0.2) is 0 Å². The second-order valence-electron chi connectivity index (χ2n) is 19.8. The van der Waals surface area contributed by atoms with Crippen molar-refractivity contribution in [3.05, 3.63) is 223 Å². The SMILES string of the molecule is Cc1cc(C)c(-c2cccc(-c3c(C)cc(C)cc3C)c2-n2c(SCc3ccccc3)c(SCc3ccccc3)p3n(-c4c(-c5c(C)cc(C)cc5C)cccc4-c4c(C)cc(C)cc4C)p23)c(C)c1. The molecule has 352 valence electrons. The number of thioether (sulfide) groups is 2. The van der Waals surface area contributed by atoms with Gasteiger partial charge in [-0.3, -0.25) is 8.42 Å². The molecule has 0 saturated heterocycles. The molecular weight excluding hydrogens is 923 g/mol. The molecule has 2 atom stereocenters. The number of rotatable bonds is 12. The van der Waals surface area contributed by atoms with Gasteiger partial charge in [-0.2, -0.15) is 0 Å². The summed E-state index contributed by atoms with van der Waals surface area (Å²) in [4.78, 5) is 0. The van der Waals surface area contributed by atoms with Crippen LogP contribution in [0.1, 0.15) is 77.9 Å². The lowest BCUT2D eigenvalue weighted by Crippen LogP contribution is -2.05. The fourth-order valence-electron chi connectivity index (χ4n) is 11.5. The van der Waals surface area contributed by atoms with Crippen molar-refractivity contribution >= 4 is 38.0 Å². The average molecular weight is 987 g/mol. The molecule has 70 heavy (non-hydrogen) atoms. The Morgan fingerprint density at radius 1 is 0.357 bits per heavy atom. The zero-order valence-electron chi connectivity index (χ0n) is 42.9. The Kier molecular flexibility index (Phi) is 13.4. The minimum absolute atomic E-state index is 0.802.